The second-order valence-electron chi connectivity index (χ2n) is 2.77. The van der Waals surface area contributed by atoms with E-state index in [4.69, 9.17) is 0 Å². The first-order chi connectivity index (χ1) is 5.65. The molecule has 0 aromatic heterocycles. The van der Waals surface area contributed by atoms with Crippen LogP contribution in [-0.4, -0.2) is 12.8 Å². The molecule has 64 valence electrons. The van der Waals surface area contributed by atoms with E-state index >= 15 is 0 Å². The zero-order valence-electron chi connectivity index (χ0n) is 7.56. The number of aryl methyl sites for hydroxylation is 1. The molecule has 0 amide bonds. The normalized spacial score (nSPS) is 11.8. The molecule has 0 saturated heterocycles. The van der Waals surface area contributed by atoms with E-state index in [1.54, 1.807) is 20.0 Å². The number of nitrogens with zero attached hydrogens (tertiary/aromatic N) is 1. The summed E-state index contributed by atoms with van der Waals surface area (Å²) in [5.74, 6) is -0.171. The van der Waals surface area contributed by atoms with E-state index in [9.17, 15) is 4.39 Å². The molecule has 0 atom stereocenters. The van der Waals surface area contributed by atoms with Crippen LogP contribution in [0.2, 0.25) is 0 Å². The third-order valence-electron chi connectivity index (χ3n) is 1.93. The van der Waals surface area contributed by atoms with Crippen molar-refractivity contribution in [3.63, 3.8) is 0 Å². The Kier molecular flexibility index (Phi) is 2.58. The van der Waals surface area contributed by atoms with Crippen molar-refractivity contribution in [3.05, 3.63) is 35.1 Å². The molecule has 0 aliphatic rings. The molecule has 1 aromatic rings. The second-order valence-corrected chi connectivity index (χ2v) is 2.77. The van der Waals surface area contributed by atoms with E-state index in [1.165, 1.54) is 6.07 Å². The highest BCUT2D eigenvalue weighted by Gasteiger charge is 2.00. The van der Waals surface area contributed by atoms with Gasteiger partial charge in [-0.1, -0.05) is 12.1 Å². The minimum atomic E-state index is -0.171. The Balaban J connectivity index is 3.13. The Morgan fingerprint density at radius 2 is 2.08 bits per heavy atom. The lowest BCUT2D eigenvalue weighted by Gasteiger charge is -2.01. The van der Waals surface area contributed by atoms with Crippen LogP contribution in [0.1, 0.15) is 18.1 Å². The van der Waals surface area contributed by atoms with Gasteiger partial charge in [0.1, 0.15) is 5.82 Å². The predicted octanol–water partition coefficient (Wildman–Crippen LogP) is 2.57. The Morgan fingerprint density at radius 1 is 1.42 bits per heavy atom. The molecular weight excluding hydrogens is 153 g/mol. The van der Waals surface area contributed by atoms with E-state index in [1.807, 2.05) is 13.0 Å². The van der Waals surface area contributed by atoms with Gasteiger partial charge in [-0.05, 0) is 31.0 Å². The van der Waals surface area contributed by atoms with Crippen LogP contribution in [0.25, 0.3) is 0 Å². The zero-order chi connectivity index (χ0) is 9.14. The third-order valence-corrected chi connectivity index (χ3v) is 1.93. The number of hydrogen-bond acceptors (Lipinski definition) is 1. The molecule has 0 heterocycles. The summed E-state index contributed by atoms with van der Waals surface area (Å²) in [6.07, 6.45) is 0. The fourth-order valence-corrected chi connectivity index (χ4v) is 0.947. The first kappa shape index (κ1) is 8.91. The maximum Gasteiger partial charge on any atom is 0.126 e. The van der Waals surface area contributed by atoms with Crippen LogP contribution >= 0.6 is 0 Å². The van der Waals surface area contributed by atoms with Crippen LogP contribution in [0, 0.1) is 12.7 Å². The van der Waals surface area contributed by atoms with Crippen molar-refractivity contribution >= 4 is 5.71 Å². The van der Waals surface area contributed by atoms with Crippen molar-refractivity contribution in [1.29, 1.82) is 0 Å². The van der Waals surface area contributed by atoms with Crippen LogP contribution in [-0.2, 0) is 0 Å². The average Bonchev–Trinajstić information content (AvgIpc) is 2.08. The fraction of sp³-hybridized carbons (Fsp3) is 0.300. The summed E-state index contributed by atoms with van der Waals surface area (Å²) in [5.41, 5.74) is 2.37. The van der Waals surface area contributed by atoms with Crippen molar-refractivity contribution in [1.82, 2.24) is 0 Å². The summed E-state index contributed by atoms with van der Waals surface area (Å²) in [7, 11) is 1.70. The molecule has 1 rings (SSSR count). The number of rotatable bonds is 1. The van der Waals surface area contributed by atoms with Crippen LogP contribution in [0.4, 0.5) is 4.39 Å². The molecule has 0 radical (unpaired) electrons. The van der Waals surface area contributed by atoms with Crippen molar-refractivity contribution < 1.29 is 4.39 Å². The molecule has 0 saturated carbocycles. The molecule has 0 aliphatic heterocycles. The lowest BCUT2D eigenvalue weighted by Crippen LogP contribution is -1.95. The van der Waals surface area contributed by atoms with Gasteiger partial charge in [0, 0.05) is 12.8 Å². The van der Waals surface area contributed by atoms with Gasteiger partial charge in [0.2, 0.25) is 0 Å². The van der Waals surface area contributed by atoms with Gasteiger partial charge in [0.15, 0.2) is 0 Å². The van der Waals surface area contributed by atoms with E-state index in [0.717, 1.165) is 11.3 Å². The molecule has 1 nitrogen and oxygen atoms in total. The molecule has 0 aliphatic carbocycles. The summed E-state index contributed by atoms with van der Waals surface area (Å²) < 4.78 is 13.0. The minimum Gasteiger partial charge on any atom is -0.293 e. The highest BCUT2D eigenvalue weighted by atomic mass is 19.1. The summed E-state index contributed by atoms with van der Waals surface area (Å²) in [6.45, 7) is 3.61. The van der Waals surface area contributed by atoms with Crippen molar-refractivity contribution in [3.8, 4) is 0 Å². The van der Waals surface area contributed by atoms with Crippen molar-refractivity contribution in [2.45, 2.75) is 13.8 Å². The van der Waals surface area contributed by atoms with Gasteiger partial charge in [-0.2, -0.15) is 0 Å². The van der Waals surface area contributed by atoms with Gasteiger partial charge in [-0.15, -0.1) is 0 Å². The van der Waals surface area contributed by atoms with Crippen LogP contribution in [0.5, 0.6) is 0 Å². The Labute approximate surface area is 72.0 Å². The van der Waals surface area contributed by atoms with E-state index in [2.05, 4.69) is 4.99 Å². The van der Waals surface area contributed by atoms with E-state index in [0.29, 0.717) is 5.56 Å². The number of aliphatic imine (C=N–C) groups is 1. The van der Waals surface area contributed by atoms with Crippen molar-refractivity contribution in [2.24, 2.45) is 4.99 Å². The second kappa shape index (κ2) is 3.48. The molecule has 0 unspecified atom stereocenters. The Bertz CT molecular complexity index is 316. The highest BCUT2D eigenvalue weighted by Crippen LogP contribution is 2.09. The van der Waals surface area contributed by atoms with Gasteiger partial charge < -0.3 is 0 Å². The summed E-state index contributed by atoms with van der Waals surface area (Å²) in [6, 6.07) is 5.15. The van der Waals surface area contributed by atoms with Crippen LogP contribution < -0.4 is 0 Å². The van der Waals surface area contributed by atoms with Crippen molar-refractivity contribution in [2.75, 3.05) is 7.05 Å². The van der Waals surface area contributed by atoms with E-state index in [-0.39, 0.29) is 5.82 Å². The minimum absolute atomic E-state index is 0.171. The Morgan fingerprint density at radius 3 is 2.58 bits per heavy atom. The average molecular weight is 165 g/mol. The maximum absolute atomic E-state index is 13.0. The zero-order valence-corrected chi connectivity index (χ0v) is 7.56. The summed E-state index contributed by atoms with van der Waals surface area (Å²) in [5, 5.41) is 0. The molecule has 0 fully saturated rings. The largest absolute Gasteiger partial charge is 0.293 e. The van der Waals surface area contributed by atoms with Gasteiger partial charge in [0.25, 0.3) is 0 Å². The molecule has 12 heavy (non-hydrogen) atoms. The first-order valence-corrected chi connectivity index (χ1v) is 3.85. The van der Waals surface area contributed by atoms with Crippen LogP contribution in [0.15, 0.2) is 23.2 Å². The maximum atomic E-state index is 13.0. The molecule has 1 aromatic carbocycles. The van der Waals surface area contributed by atoms with E-state index < -0.39 is 0 Å². The third kappa shape index (κ3) is 1.70. The molecular formula is C10H12FN. The molecule has 2 heteroatoms. The highest BCUT2D eigenvalue weighted by molar-refractivity contribution is 5.98. The standard InChI is InChI=1S/C10H12FN/c1-7-4-5-9(6-10(7)11)8(2)12-3/h4-6H,1-3H3. The molecule has 0 N–H and O–H groups in total. The first-order valence-electron chi connectivity index (χ1n) is 3.85. The number of halogens is 1. The van der Waals surface area contributed by atoms with Gasteiger partial charge in [-0.3, -0.25) is 4.99 Å². The fourth-order valence-electron chi connectivity index (χ4n) is 0.947. The van der Waals surface area contributed by atoms with Gasteiger partial charge in [0.05, 0.1) is 0 Å². The SMILES string of the molecule is CN=C(C)c1ccc(C)c(F)c1. The topological polar surface area (TPSA) is 12.4 Å². The number of hydrogen-bond donors (Lipinski definition) is 0. The molecule has 0 bridgehead atoms. The van der Waals surface area contributed by atoms with Gasteiger partial charge in [-0.25, -0.2) is 4.39 Å². The lowest BCUT2D eigenvalue weighted by molar-refractivity contribution is 0.618. The molecule has 0 spiro atoms. The van der Waals surface area contributed by atoms with Gasteiger partial charge >= 0.3 is 0 Å². The summed E-state index contributed by atoms with van der Waals surface area (Å²) >= 11 is 0. The summed E-state index contributed by atoms with van der Waals surface area (Å²) in [4.78, 5) is 3.98. The smallest absolute Gasteiger partial charge is 0.126 e. The monoisotopic (exact) mass is 165 g/mol. The predicted molar refractivity (Wildman–Crippen MR) is 49.3 cm³/mol. The lowest BCUT2D eigenvalue weighted by atomic mass is 10.1. The van der Waals surface area contributed by atoms with Crippen LogP contribution in [0.3, 0.4) is 0 Å². The quantitative estimate of drug-likeness (QED) is 0.567. The Hall–Kier alpha value is -1.18. The number of benzene rings is 1.